The Labute approximate surface area is 159 Å². The molecule has 4 rings (SSSR count). The maximum Gasteiger partial charge on any atom is 0.272 e. The maximum atomic E-state index is 13.2. The summed E-state index contributed by atoms with van der Waals surface area (Å²) in [6.45, 7) is 3.31. The van der Waals surface area contributed by atoms with E-state index in [4.69, 9.17) is 4.74 Å². The van der Waals surface area contributed by atoms with Crippen LogP contribution in [0.3, 0.4) is 0 Å². The minimum Gasteiger partial charge on any atom is -0.488 e. The van der Waals surface area contributed by atoms with Crippen LogP contribution in [-0.4, -0.2) is 28.4 Å². The molecule has 0 aliphatic carbocycles. The smallest absolute Gasteiger partial charge is 0.272 e. The molecule has 1 atom stereocenters. The van der Waals surface area contributed by atoms with Crippen molar-refractivity contribution >= 4 is 16.7 Å². The molecular weight excluding hydrogens is 336 g/mol. The molecule has 0 N–H and O–H groups in total. The Hall–Kier alpha value is -2.88. The third-order valence-electron chi connectivity index (χ3n) is 5.07. The second-order valence-corrected chi connectivity index (χ2v) is 7.09. The van der Waals surface area contributed by atoms with Gasteiger partial charge in [0.25, 0.3) is 5.91 Å². The lowest BCUT2D eigenvalue weighted by molar-refractivity contribution is 0.0662. The number of hydrogen-bond acceptors (Lipinski definition) is 3. The third-order valence-corrected chi connectivity index (χ3v) is 5.07. The summed E-state index contributed by atoms with van der Waals surface area (Å²) < 4.78 is 6.23. The summed E-state index contributed by atoms with van der Waals surface area (Å²) in [7, 11) is 0. The molecule has 0 saturated carbocycles. The number of amides is 1. The van der Waals surface area contributed by atoms with Crippen molar-refractivity contribution in [2.75, 3.05) is 6.54 Å². The van der Waals surface area contributed by atoms with Gasteiger partial charge in [0.15, 0.2) is 0 Å². The van der Waals surface area contributed by atoms with Crippen LogP contribution in [0.4, 0.5) is 0 Å². The number of nitrogens with zero attached hydrogens (tertiary/aromatic N) is 2. The highest BCUT2D eigenvalue weighted by atomic mass is 16.5. The Morgan fingerprint density at radius 2 is 1.93 bits per heavy atom. The van der Waals surface area contributed by atoms with E-state index < -0.39 is 0 Å². The molecule has 4 nitrogen and oxygen atoms in total. The van der Waals surface area contributed by atoms with Gasteiger partial charge in [-0.05, 0) is 30.4 Å². The van der Waals surface area contributed by atoms with E-state index in [1.807, 2.05) is 59.5 Å². The average Bonchev–Trinajstić information content (AvgIpc) is 2.90. The SMILES string of the molecule is CCCC[C@@H]1CN(C(=O)c2cc3ccccc3cn2)Cc2ccccc2O1. The number of carbonyl (C=O) groups excluding carboxylic acids is 1. The van der Waals surface area contributed by atoms with Gasteiger partial charge in [0.1, 0.15) is 17.5 Å². The third kappa shape index (κ3) is 3.80. The maximum absolute atomic E-state index is 13.2. The summed E-state index contributed by atoms with van der Waals surface area (Å²) in [5.74, 6) is 0.850. The molecule has 4 heteroatoms. The summed E-state index contributed by atoms with van der Waals surface area (Å²) in [6, 6.07) is 17.9. The minimum absolute atomic E-state index is 0.0120. The fraction of sp³-hybridized carbons (Fsp3) is 0.304. The van der Waals surface area contributed by atoms with Crippen molar-refractivity contribution in [2.45, 2.75) is 38.8 Å². The number of para-hydroxylation sites is 1. The predicted molar refractivity (Wildman–Crippen MR) is 107 cm³/mol. The van der Waals surface area contributed by atoms with Gasteiger partial charge in [0.05, 0.1) is 6.54 Å². The largest absolute Gasteiger partial charge is 0.488 e. The van der Waals surface area contributed by atoms with E-state index in [-0.39, 0.29) is 12.0 Å². The van der Waals surface area contributed by atoms with Gasteiger partial charge in [-0.2, -0.15) is 0 Å². The van der Waals surface area contributed by atoms with Crippen molar-refractivity contribution in [3.63, 3.8) is 0 Å². The number of fused-ring (bicyclic) bond motifs is 2. The second kappa shape index (κ2) is 7.78. The first kappa shape index (κ1) is 17.5. The standard InChI is InChI=1S/C23H24N2O2/c1-2-3-11-20-16-25(15-19-10-6-7-12-22(19)27-20)23(26)21-13-17-8-4-5-9-18(17)14-24-21/h4-10,12-14,20H,2-3,11,15-16H2,1H3/t20-/m1/s1. The lowest BCUT2D eigenvalue weighted by Crippen LogP contribution is -2.37. The van der Waals surface area contributed by atoms with E-state index in [0.717, 1.165) is 41.3 Å². The van der Waals surface area contributed by atoms with Crippen LogP contribution < -0.4 is 4.74 Å². The Balaban J connectivity index is 1.64. The zero-order valence-electron chi connectivity index (χ0n) is 15.6. The Morgan fingerprint density at radius 1 is 1.15 bits per heavy atom. The topological polar surface area (TPSA) is 42.4 Å². The van der Waals surface area contributed by atoms with Crippen LogP contribution in [0.2, 0.25) is 0 Å². The molecule has 1 aliphatic rings. The highest BCUT2D eigenvalue weighted by Crippen LogP contribution is 2.27. The highest BCUT2D eigenvalue weighted by Gasteiger charge is 2.27. The first-order valence-corrected chi connectivity index (χ1v) is 9.63. The van der Waals surface area contributed by atoms with Crippen LogP contribution in [0.5, 0.6) is 5.75 Å². The summed E-state index contributed by atoms with van der Waals surface area (Å²) in [5, 5.41) is 2.07. The molecule has 1 aromatic heterocycles. The van der Waals surface area contributed by atoms with Crippen molar-refractivity contribution in [2.24, 2.45) is 0 Å². The van der Waals surface area contributed by atoms with E-state index in [0.29, 0.717) is 18.8 Å². The van der Waals surface area contributed by atoms with Crippen molar-refractivity contribution in [1.29, 1.82) is 0 Å². The van der Waals surface area contributed by atoms with Gasteiger partial charge in [0.2, 0.25) is 0 Å². The summed E-state index contributed by atoms with van der Waals surface area (Å²) in [6.07, 6.45) is 4.93. The molecule has 1 amide bonds. The van der Waals surface area contributed by atoms with Crippen molar-refractivity contribution in [3.8, 4) is 5.75 Å². The molecule has 2 heterocycles. The summed E-state index contributed by atoms with van der Waals surface area (Å²) >= 11 is 0. The highest BCUT2D eigenvalue weighted by molar-refractivity contribution is 5.96. The Bertz CT molecular complexity index is 954. The monoisotopic (exact) mass is 360 g/mol. The number of carbonyl (C=O) groups is 1. The summed E-state index contributed by atoms with van der Waals surface area (Å²) in [4.78, 5) is 19.5. The molecular formula is C23H24N2O2. The molecule has 138 valence electrons. The minimum atomic E-state index is -0.0393. The molecule has 2 aromatic carbocycles. The average molecular weight is 360 g/mol. The number of rotatable bonds is 4. The zero-order valence-corrected chi connectivity index (χ0v) is 15.6. The van der Waals surface area contributed by atoms with Gasteiger partial charge < -0.3 is 9.64 Å². The molecule has 1 aliphatic heterocycles. The number of ether oxygens (including phenoxy) is 1. The first-order chi connectivity index (χ1) is 13.2. The van der Waals surface area contributed by atoms with Gasteiger partial charge in [-0.15, -0.1) is 0 Å². The van der Waals surface area contributed by atoms with Gasteiger partial charge in [-0.1, -0.05) is 55.8 Å². The van der Waals surface area contributed by atoms with E-state index >= 15 is 0 Å². The van der Waals surface area contributed by atoms with Crippen LogP contribution in [0.15, 0.2) is 60.8 Å². The van der Waals surface area contributed by atoms with Crippen LogP contribution in [0.1, 0.15) is 42.2 Å². The van der Waals surface area contributed by atoms with Crippen molar-refractivity contribution in [1.82, 2.24) is 9.88 Å². The molecule has 0 spiro atoms. The molecule has 27 heavy (non-hydrogen) atoms. The lowest BCUT2D eigenvalue weighted by Gasteiger charge is -2.24. The number of aromatic nitrogens is 1. The van der Waals surface area contributed by atoms with E-state index in [9.17, 15) is 4.79 Å². The van der Waals surface area contributed by atoms with Crippen LogP contribution in [-0.2, 0) is 6.54 Å². The number of unbranched alkanes of at least 4 members (excludes halogenated alkanes) is 1. The van der Waals surface area contributed by atoms with E-state index in [1.54, 1.807) is 6.20 Å². The van der Waals surface area contributed by atoms with Crippen LogP contribution >= 0.6 is 0 Å². The number of hydrogen-bond donors (Lipinski definition) is 0. The Morgan fingerprint density at radius 3 is 2.78 bits per heavy atom. The lowest BCUT2D eigenvalue weighted by atomic mass is 10.1. The molecule has 0 radical (unpaired) electrons. The van der Waals surface area contributed by atoms with Gasteiger partial charge >= 0.3 is 0 Å². The van der Waals surface area contributed by atoms with Gasteiger partial charge in [0, 0.05) is 23.7 Å². The fourth-order valence-corrected chi connectivity index (χ4v) is 3.58. The fourth-order valence-electron chi connectivity index (χ4n) is 3.58. The quantitative estimate of drug-likeness (QED) is 0.669. The Kier molecular flexibility index (Phi) is 5.05. The van der Waals surface area contributed by atoms with Crippen LogP contribution in [0, 0.1) is 0 Å². The van der Waals surface area contributed by atoms with Gasteiger partial charge in [-0.25, -0.2) is 0 Å². The van der Waals surface area contributed by atoms with E-state index in [1.165, 1.54) is 0 Å². The van der Waals surface area contributed by atoms with Crippen molar-refractivity contribution in [3.05, 3.63) is 72.1 Å². The van der Waals surface area contributed by atoms with Gasteiger partial charge in [-0.3, -0.25) is 9.78 Å². The molecule has 0 unspecified atom stereocenters. The zero-order chi connectivity index (χ0) is 18.6. The molecule has 3 aromatic rings. The predicted octanol–water partition coefficient (Wildman–Crippen LogP) is 4.83. The summed E-state index contributed by atoms with van der Waals surface area (Å²) in [5.41, 5.74) is 1.54. The molecule has 0 bridgehead atoms. The number of pyridine rings is 1. The molecule has 0 fully saturated rings. The first-order valence-electron chi connectivity index (χ1n) is 9.63. The van der Waals surface area contributed by atoms with E-state index in [2.05, 4.69) is 11.9 Å². The molecule has 0 saturated heterocycles. The second-order valence-electron chi connectivity index (χ2n) is 7.09. The van der Waals surface area contributed by atoms with Crippen LogP contribution in [0.25, 0.3) is 10.8 Å². The number of benzene rings is 2. The van der Waals surface area contributed by atoms with Crippen molar-refractivity contribution < 1.29 is 9.53 Å². The normalized spacial score (nSPS) is 16.5.